The van der Waals surface area contributed by atoms with Gasteiger partial charge >= 0.3 is 0 Å². The van der Waals surface area contributed by atoms with Crippen molar-refractivity contribution >= 4 is 0 Å². The Morgan fingerprint density at radius 3 is 1.65 bits per heavy atom. The Morgan fingerprint density at radius 1 is 0.538 bits per heavy atom. The van der Waals surface area contributed by atoms with Gasteiger partial charge in [-0.2, -0.15) is 0 Å². The zero-order valence-corrected chi connectivity index (χ0v) is 17.9. The molecule has 0 radical (unpaired) electrons. The van der Waals surface area contributed by atoms with Gasteiger partial charge < -0.3 is 5.11 Å². The summed E-state index contributed by atoms with van der Waals surface area (Å²) in [6.07, 6.45) is 20.4. The fourth-order valence-corrected chi connectivity index (χ4v) is 3.91. The molecule has 150 valence electrons. The fraction of sp³-hybridized carbons (Fsp3) is 0.760. The summed E-state index contributed by atoms with van der Waals surface area (Å²) in [6.45, 7) is 6.81. The second kappa shape index (κ2) is 15.1. The van der Waals surface area contributed by atoms with Crippen LogP contribution < -0.4 is 0 Å². The van der Waals surface area contributed by atoms with Crippen molar-refractivity contribution in [3.8, 4) is 5.75 Å². The lowest BCUT2D eigenvalue weighted by molar-refractivity contribution is 0.463. The molecule has 0 spiro atoms. The number of aromatic hydroxyl groups is 1. The minimum atomic E-state index is 0.543. The third-order valence-electron chi connectivity index (χ3n) is 5.61. The first-order valence-electron chi connectivity index (χ1n) is 11.6. The van der Waals surface area contributed by atoms with Gasteiger partial charge in [-0.25, -0.2) is 0 Å². The molecule has 0 amide bonds. The van der Waals surface area contributed by atoms with E-state index in [0.717, 1.165) is 12.8 Å². The highest BCUT2D eigenvalue weighted by atomic mass is 16.3. The molecule has 1 aromatic rings. The summed E-state index contributed by atoms with van der Waals surface area (Å²) in [4.78, 5) is 0. The van der Waals surface area contributed by atoms with Crippen molar-refractivity contribution in [3.05, 3.63) is 28.8 Å². The summed E-state index contributed by atoms with van der Waals surface area (Å²) < 4.78 is 0. The molecule has 0 fully saturated rings. The molecule has 0 aromatic heterocycles. The van der Waals surface area contributed by atoms with Crippen molar-refractivity contribution in [2.24, 2.45) is 0 Å². The van der Waals surface area contributed by atoms with E-state index in [2.05, 4.69) is 26.8 Å². The van der Waals surface area contributed by atoms with E-state index in [1.54, 1.807) is 0 Å². The second-order valence-electron chi connectivity index (χ2n) is 7.99. The molecule has 0 saturated heterocycles. The van der Waals surface area contributed by atoms with E-state index < -0.39 is 0 Å². The largest absolute Gasteiger partial charge is 0.508 e. The number of aryl methyl sites for hydroxylation is 1. The average molecular weight is 361 g/mol. The van der Waals surface area contributed by atoms with Crippen LogP contribution in [0.2, 0.25) is 0 Å². The number of benzene rings is 1. The maximum Gasteiger partial charge on any atom is 0.119 e. The van der Waals surface area contributed by atoms with Crippen molar-refractivity contribution in [3.63, 3.8) is 0 Å². The molecule has 26 heavy (non-hydrogen) atoms. The first-order chi connectivity index (χ1) is 12.7. The van der Waals surface area contributed by atoms with Crippen LogP contribution in [0.15, 0.2) is 12.1 Å². The minimum Gasteiger partial charge on any atom is -0.508 e. The van der Waals surface area contributed by atoms with Gasteiger partial charge in [-0.05, 0) is 61.3 Å². The van der Waals surface area contributed by atoms with Gasteiger partial charge in [0.1, 0.15) is 5.75 Å². The Hall–Kier alpha value is -0.980. The van der Waals surface area contributed by atoms with Gasteiger partial charge in [-0.15, -0.1) is 0 Å². The molecule has 0 aliphatic heterocycles. The van der Waals surface area contributed by atoms with Crippen molar-refractivity contribution in [2.45, 2.75) is 124 Å². The Kier molecular flexibility index (Phi) is 13.4. The van der Waals surface area contributed by atoms with Crippen LogP contribution in [0.1, 0.15) is 121 Å². The molecule has 1 N–H and O–H groups in total. The van der Waals surface area contributed by atoms with Crippen molar-refractivity contribution in [1.82, 2.24) is 0 Å². The monoisotopic (exact) mass is 360 g/mol. The third kappa shape index (κ3) is 9.10. The quantitative estimate of drug-likeness (QED) is 0.295. The summed E-state index contributed by atoms with van der Waals surface area (Å²) in [7, 11) is 0. The lowest BCUT2D eigenvalue weighted by atomic mass is 9.89. The summed E-state index contributed by atoms with van der Waals surface area (Å²) in [5.74, 6) is 0.543. The minimum absolute atomic E-state index is 0.543. The molecule has 1 rings (SSSR count). The van der Waals surface area contributed by atoms with Crippen LogP contribution in [-0.2, 0) is 19.3 Å². The molecular weight excluding hydrogens is 316 g/mol. The Labute approximate surface area is 163 Å². The zero-order valence-electron chi connectivity index (χ0n) is 17.9. The number of phenolic OH excluding ortho intramolecular Hbond substituents is 1. The highest BCUT2D eigenvalue weighted by Crippen LogP contribution is 2.29. The number of unbranched alkanes of at least 4 members (excludes halogenated alkanes) is 10. The lowest BCUT2D eigenvalue weighted by Crippen LogP contribution is -2.02. The van der Waals surface area contributed by atoms with Gasteiger partial charge in [0.25, 0.3) is 0 Å². The first-order valence-corrected chi connectivity index (χ1v) is 11.6. The summed E-state index contributed by atoms with van der Waals surface area (Å²) >= 11 is 0. The normalized spacial score (nSPS) is 11.2. The third-order valence-corrected chi connectivity index (χ3v) is 5.61. The standard InChI is InChI=1S/C25H44O/c1-4-7-10-12-13-14-16-19-24-23(18-15-11-8-5-2)22(17-9-6-3)20-21-25(24)26/h20-21,26H,4-19H2,1-3H3. The molecule has 0 atom stereocenters. The highest BCUT2D eigenvalue weighted by Gasteiger charge is 2.12. The summed E-state index contributed by atoms with van der Waals surface area (Å²) in [5, 5.41) is 10.5. The maximum absolute atomic E-state index is 10.5. The Morgan fingerprint density at radius 2 is 1.04 bits per heavy atom. The predicted octanol–water partition coefficient (Wildman–Crippen LogP) is 8.15. The van der Waals surface area contributed by atoms with E-state index in [4.69, 9.17) is 0 Å². The molecule has 0 saturated carbocycles. The first kappa shape index (κ1) is 23.1. The molecule has 1 aromatic carbocycles. The summed E-state index contributed by atoms with van der Waals surface area (Å²) in [5.41, 5.74) is 4.25. The Bertz CT molecular complexity index is 463. The topological polar surface area (TPSA) is 20.2 Å². The van der Waals surface area contributed by atoms with Crippen LogP contribution in [-0.4, -0.2) is 5.11 Å². The maximum atomic E-state index is 10.5. The smallest absolute Gasteiger partial charge is 0.119 e. The average Bonchev–Trinajstić information content (AvgIpc) is 2.65. The van der Waals surface area contributed by atoms with Gasteiger partial charge in [-0.1, -0.05) is 91.0 Å². The molecule has 1 heteroatoms. The molecule has 0 unspecified atom stereocenters. The SMILES string of the molecule is CCCCCCCCCc1c(O)ccc(CCCC)c1CCCCCC. The number of hydrogen-bond acceptors (Lipinski definition) is 1. The van der Waals surface area contributed by atoms with Gasteiger partial charge in [0, 0.05) is 0 Å². The highest BCUT2D eigenvalue weighted by molar-refractivity contribution is 5.45. The van der Waals surface area contributed by atoms with Gasteiger partial charge in [0.2, 0.25) is 0 Å². The van der Waals surface area contributed by atoms with Gasteiger partial charge in [0.15, 0.2) is 0 Å². The number of rotatable bonds is 16. The summed E-state index contributed by atoms with van der Waals surface area (Å²) in [6, 6.07) is 4.14. The fourth-order valence-electron chi connectivity index (χ4n) is 3.91. The van der Waals surface area contributed by atoms with Crippen molar-refractivity contribution < 1.29 is 5.11 Å². The van der Waals surface area contributed by atoms with Crippen LogP contribution in [0.5, 0.6) is 5.75 Å². The van der Waals surface area contributed by atoms with E-state index in [9.17, 15) is 5.11 Å². The van der Waals surface area contributed by atoms with Crippen LogP contribution in [0.3, 0.4) is 0 Å². The lowest BCUT2D eigenvalue weighted by Gasteiger charge is -2.17. The number of hydrogen-bond donors (Lipinski definition) is 1. The molecule has 0 aliphatic rings. The second-order valence-corrected chi connectivity index (χ2v) is 7.99. The van der Waals surface area contributed by atoms with Gasteiger partial charge in [-0.3, -0.25) is 0 Å². The van der Waals surface area contributed by atoms with Crippen molar-refractivity contribution in [1.29, 1.82) is 0 Å². The van der Waals surface area contributed by atoms with E-state index >= 15 is 0 Å². The molecule has 0 bridgehead atoms. The van der Waals surface area contributed by atoms with Crippen LogP contribution in [0.25, 0.3) is 0 Å². The number of phenols is 1. The molecule has 0 aliphatic carbocycles. The van der Waals surface area contributed by atoms with Gasteiger partial charge in [0.05, 0.1) is 0 Å². The zero-order chi connectivity index (χ0) is 19.0. The molecular formula is C25H44O. The Balaban J connectivity index is 2.66. The molecule has 1 nitrogen and oxygen atoms in total. The van der Waals surface area contributed by atoms with Crippen LogP contribution >= 0.6 is 0 Å². The molecule has 0 heterocycles. The van der Waals surface area contributed by atoms with Crippen LogP contribution in [0, 0.1) is 0 Å². The van der Waals surface area contributed by atoms with E-state index in [1.807, 2.05) is 6.07 Å². The van der Waals surface area contributed by atoms with Crippen LogP contribution in [0.4, 0.5) is 0 Å². The van der Waals surface area contributed by atoms with E-state index in [0.29, 0.717) is 5.75 Å². The predicted molar refractivity (Wildman–Crippen MR) is 116 cm³/mol. The van der Waals surface area contributed by atoms with E-state index in [1.165, 1.54) is 107 Å². The van der Waals surface area contributed by atoms with E-state index in [-0.39, 0.29) is 0 Å². The van der Waals surface area contributed by atoms with Crippen molar-refractivity contribution in [2.75, 3.05) is 0 Å².